The molecule has 2 aliphatic carbocycles. The molecule has 0 heterocycles. The largest absolute Gasteiger partial charge is 0.196 e. The monoisotopic (exact) mass is 317 g/mol. The average Bonchev–Trinajstić information content (AvgIpc) is 3.12. The summed E-state index contributed by atoms with van der Waals surface area (Å²) >= 11 is 6.62. The van der Waals surface area contributed by atoms with Gasteiger partial charge in [0, 0.05) is 11.8 Å². The van der Waals surface area contributed by atoms with Crippen LogP contribution in [0.1, 0.15) is 17.5 Å². The zero-order valence-corrected chi connectivity index (χ0v) is 13.4. The molecule has 0 aliphatic heterocycles. The standard InChI is InChI=1S/C21H16ClN/c22-21(14-23)13-17-11-12-18(21)20(17)19(15-7-3-1-4-8-15)16-9-5-2-6-10-16/h1-12,17-18H,13H2. The van der Waals surface area contributed by atoms with Gasteiger partial charge in [-0.05, 0) is 28.7 Å². The van der Waals surface area contributed by atoms with E-state index >= 15 is 0 Å². The molecule has 1 nitrogen and oxygen atoms in total. The Morgan fingerprint density at radius 1 is 0.957 bits per heavy atom. The Labute approximate surface area is 141 Å². The maximum atomic E-state index is 9.55. The van der Waals surface area contributed by atoms with E-state index in [0.717, 1.165) is 0 Å². The fraction of sp³-hybridized carbons (Fsp3) is 0.190. The molecule has 2 heteroatoms. The molecule has 1 saturated carbocycles. The van der Waals surface area contributed by atoms with Crippen LogP contribution in [0.15, 0.2) is 78.4 Å². The van der Waals surface area contributed by atoms with Gasteiger partial charge >= 0.3 is 0 Å². The summed E-state index contributed by atoms with van der Waals surface area (Å²) in [7, 11) is 0. The van der Waals surface area contributed by atoms with Crippen molar-refractivity contribution in [2.45, 2.75) is 11.3 Å². The molecule has 2 aliphatic rings. The Morgan fingerprint density at radius 2 is 1.52 bits per heavy atom. The highest BCUT2D eigenvalue weighted by molar-refractivity contribution is 6.27. The van der Waals surface area contributed by atoms with Crippen molar-refractivity contribution in [3.05, 3.63) is 89.5 Å². The maximum Gasteiger partial charge on any atom is 0.141 e. The number of rotatable bonds is 2. The molecule has 3 atom stereocenters. The van der Waals surface area contributed by atoms with Crippen molar-refractivity contribution in [2.75, 3.05) is 0 Å². The van der Waals surface area contributed by atoms with Crippen molar-refractivity contribution in [3.63, 3.8) is 0 Å². The lowest BCUT2D eigenvalue weighted by molar-refractivity contribution is 0.610. The lowest BCUT2D eigenvalue weighted by atomic mass is 9.86. The lowest BCUT2D eigenvalue weighted by Crippen LogP contribution is -2.24. The second kappa shape index (κ2) is 5.41. The first-order chi connectivity index (χ1) is 11.2. The van der Waals surface area contributed by atoms with Gasteiger partial charge in [0.2, 0.25) is 0 Å². The van der Waals surface area contributed by atoms with Crippen LogP contribution in [0.5, 0.6) is 0 Å². The van der Waals surface area contributed by atoms with Gasteiger partial charge in [-0.15, -0.1) is 11.6 Å². The molecule has 0 saturated heterocycles. The van der Waals surface area contributed by atoms with Crippen LogP contribution >= 0.6 is 11.6 Å². The van der Waals surface area contributed by atoms with E-state index in [1.165, 1.54) is 22.3 Å². The number of halogens is 1. The zero-order valence-electron chi connectivity index (χ0n) is 12.6. The molecular formula is C21H16ClN. The highest BCUT2D eigenvalue weighted by Crippen LogP contribution is 2.56. The number of nitrogens with zero attached hydrogens (tertiary/aromatic N) is 1. The molecule has 0 aromatic heterocycles. The van der Waals surface area contributed by atoms with Crippen molar-refractivity contribution >= 4 is 17.2 Å². The molecule has 0 radical (unpaired) electrons. The normalized spacial score (nSPS) is 27.9. The molecular weight excluding hydrogens is 302 g/mol. The van der Waals surface area contributed by atoms with Crippen LogP contribution in [-0.4, -0.2) is 4.87 Å². The number of hydrogen-bond donors (Lipinski definition) is 0. The fourth-order valence-corrected chi connectivity index (χ4v) is 4.23. The van der Waals surface area contributed by atoms with E-state index in [2.05, 4.69) is 66.8 Å². The third-order valence-corrected chi connectivity index (χ3v) is 5.35. The Hall–Kier alpha value is -2.30. The molecule has 1 fully saturated rings. The molecule has 2 aromatic rings. The predicted octanol–water partition coefficient (Wildman–Crippen LogP) is 5.20. The smallest absolute Gasteiger partial charge is 0.141 e. The van der Waals surface area contributed by atoms with Gasteiger partial charge in [-0.25, -0.2) is 0 Å². The Bertz CT molecular complexity index is 788. The highest BCUT2D eigenvalue weighted by atomic mass is 35.5. The molecule has 2 aromatic carbocycles. The molecule has 112 valence electrons. The van der Waals surface area contributed by atoms with Gasteiger partial charge in [0.25, 0.3) is 0 Å². The van der Waals surface area contributed by atoms with E-state index in [9.17, 15) is 5.26 Å². The van der Waals surface area contributed by atoms with Crippen molar-refractivity contribution in [2.24, 2.45) is 11.8 Å². The topological polar surface area (TPSA) is 23.8 Å². The van der Waals surface area contributed by atoms with E-state index in [1.807, 2.05) is 12.1 Å². The first-order valence-electron chi connectivity index (χ1n) is 7.86. The number of benzene rings is 2. The summed E-state index contributed by atoms with van der Waals surface area (Å²) in [6.45, 7) is 0. The minimum absolute atomic E-state index is 0.00502. The van der Waals surface area contributed by atoms with Gasteiger partial charge in [-0.3, -0.25) is 0 Å². The van der Waals surface area contributed by atoms with E-state index in [1.54, 1.807) is 0 Å². The minimum Gasteiger partial charge on any atom is -0.196 e. The molecule has 2 bridgehead atoms. The molecule has 3 unspecified atom stereocenters. The van der Waals surface area contributed by atoms with Crippen LogP contribution in [0.3, 0.4) is 0 Å². The fourth-order valence-electron chi connectivity index (χ4n) is 3.87. The van der Waals surface area contributed by atoms with Crippen molar-refractivity contribution in [1.82, 2.24) is 0 Å². The Balaban J connectivity index is 1.96. The Morgan fingerprint density at radius 3 is 2.00 bits per heavy atom. The van der Waals surface area contributed by atoms with Gasteiger partial charge in [-0.1, -0.05) is 72.8 Å². The third kappa shape index (κ3) is 2.22. The van der Waals surface area contributed by atoms with Crippen molar-refractivity contribution < 1.29 is 0 Å². The van der Waals surface area contributed by atoms with Crippen LogP contribution in [-0.2, 0) is 0 Å². The Kier molecular flexibility index (Phi) is 3.36. The summed E-state index contributed by atoms with van der Waals surface area (Å²) in [5, 5.41) is 9.55. The van der Waals surface area contributed by atoms with Crippen LogP contribution in [0.4, 0.5) is 0 Å². The predicted molar refractivity (Wildman–Crippen MR) is 93.8 cm³/mol. The highest BCUT2D eigenvalue weighted by Gasteiger charge is 2.52. The van der Waals surface area contributed by atoms with Crippen LogP contribution in [0.25, 0.3) is 5.57 Å². The quantitative estimate of drug-likeness (QED) is 0.552. The second-order valence-electron chi connectivity index (χ2n) is 6.21. The maximum absolute atomic E-state index is 9.55. The molecule has 0 N–H and O–H groups in total. The minimum atomic E-state index is -0.802. The third-order valence-electron chi connectivity index (χ3n) is 4.88. The van der Waals surface area contributed by atoms with Crippen molar-refractivity contribution in [1.29, 1.82) is 5.26 Å². The summed E-state index contributed by atoms with van der Waals surface area (Å²) in [6.07, 6.45) is 5.03. The van der Waals surface area contributed by atoms with Gasteiger partial charge in [0.1, 0.15) is 4.87 Å². The van der Waals surface area contributed by atoms with Gasteiger partial charge in [0.05, 0.1) is 6.07 Å². The van der Waals surface area contributed by atoms with E-state index in [-0.39, 0.29) is 11.8 Å². The summed E-state index contributed by atoms with van der Waals surface area (Å²) < 4.78 is 0. The summed E-state index contributed by atoms with van der Waals surface area (Å²) in [5.74, 6) is 0.252. The summed E-state index contributed by atoms with van der Waals surface area (Å²) in [6, 6.07) is 23.2. The molecule has 0 amide bonds. The summed E-state index contributed by atoms with van der Waals surface area (Å²) in [4.78, 5) is -0.802. The van der Waals surface area contributed by atoms with Crippen LogP contribution in [0.2, 0.25) is 0 Å². The van der Waals surface area contributed by atoms with Crippen molar-refractivity contribution in [3.8, 4) is 6.07 Å². The van der Waals surface area contributed by atoms with E-state index < -0.39 is 4.87 Å². The van der Waals surface area contributed by atoms with Crippen LogP contribution in [0, 0.1) is 23.2 Å². The summed E-state index contributed by atoms with van der Waals surface area (Å²) in [5.41, 5.74) is 4.89. The SMILES string of the molecule is N#CC1(Cl)CC2C=CC1C2=C(c1ccccc1)c1ccccc1. The number of allylic oxidation sites excluding steroid dienone is 3. The first-order valence-corrected chi connectivity index (χ1v) is 8.24. The lowest BCUT2D eigenvalue weighted by Gasteiger charge is -2.21. The van der Waals surface area contributed by atoms with Gasteiger partial charge in [0.15, 0.2) is 0 Å². The molecule has 0 spiro atoms. The first kappa shape index (κ1) is 14.3. The van der Waals surface area contributed by atoms with Crippen LogP contribution < -0.4 is 0 Å². The van der Waals surface area contributed by atoms with Gasteiger partial charge in [-0.2, -0.15) is 5.26 Å². The van der Waals surface area contributed by atoms with E-state index in [4.69, 9.17) is 11.6 Å². The number of fused-ring (bicyclic) bond motifs is 2. The van der Waals surface area contributed by atoms with Gasteiger partial charge < -0.3 is 0 Å². The average molecular weight is 318 g/mol. The van der Waals surface area contributed by atoms with E-state index in [0.29, 0.717) is 6.42 Å². The number of nitriles is 1. The second-order valence-corrected chi connectivity index (χ2v) is 6.88. The number of alkyl halides is 1. The number of hydrogen-bond acceptors (Lipinski definition) is 1. The molecule has 4 rings (SSSR count). The zero-order chi connectivity index (χ0) is 15.9. The molecule has 23 heavy (non-hydrogen) atoms.